The molecule has 0 aliphatic carbocycles. The van der Waals surface area contributed by atoms with Gasteiger partial charge in [0.15, 0.2) is 0 Å². The Hall–Kier alpha value is 16.3. The second kappa shape index (κ2) is 119. The SMILES string of the molecule is I.I.I.I.I.I.I.I.I.[Cd].[Cs].[Dy].[Ho].[In].[Sn].[Th].[Tm]. The molecule has 10 radical (unpaired) electrons. The Morgan fingerprint density at radius 3 is 0.529 bits per heavy atom. The Morgan fingerprint density at radius 2 is 0.529 bits per heavy atom. The van der Waals surface area contributed by atoms with Gasteiger partial charge in [0.2, 0.25) is 0 Å². The summed E-state index contributed by atoms with van der Waals surface area (Å²) >= 11 is 0. The third-order valence-corrected chi connectivity index (χ3v) is 0. The first-order chi connectivity index (χ1) is 0. The van der Waals surface area contributed by atoms with Crippen molar-refractivity contribution < 1.29 is 180 Å². The summed E-state index contributed by atoms with van der Waals surface area (Å²) in [6.07, 6.45) is 0. The number of rotatable bonds is 0. The summed E-state index contributed by atoms with van der Waals surface area (Å²) in [5, 5.41) is 0. The summed E-state index contributed by atoms with van der Waals surface area (Å²) in [6.45, 7) is 0. The molecule has 0 bridgehead atoms. The van der Waals surface area contributed by atoms with Gasteiger partial charge >= 0.3 is 0 Å². The molecule has 120 valence electrons. The van der Waals surface area contributed by atoms with E-state index in [2.05, 4.69) is 0 Å². The van der Waals surface area contributed by atoms with E-state index in [0.29, 0.717) is 0 Å². The van der Waals surface area contributed by atoms with Crippen molar-refractivity contribution >= 4 is 334 Å². The summed E-state index contributed by atoms with van der Waals surface area (Å²) < 4.78 is 0. The zero-order valence-electron chi connectivity index (χ0n) is 7.85. The van der Waals surface area contributed by atoms with Crippen molar-refractivity contribution in [2.75, 3.05) is 0 Å². The summed E-state index contributed by atoms with van der Waals surface area (Å²) in [5.41, 5.74) is 0. The fourth-order valence-corrected chi connectivity index (χ4v) is 0. The van der Waals surface area contributed by atoms with Gasteiger partial charge in [0, 0.05) is 299 Å². The molecular weight excluding hydrogens is 2350 g/mol. The first-order valence-corrected chi connectivity index (χ1v) is 0. The van der Waals surface area contributed by atoms with Crippen LogP contribution in [-0.2, 0) is 27.3 Å². The predicted molar refractivity (Wildman–Crippen MR) is 156 cm³/mol. The Balaban J connectivity index is 0. The van der Waals surface area contributed by atoms with E-state index >= 15 is 0 Å². The average Bonchev–Trinajstić information content (AvgIpc) is 0. The van der Waals surface area contributed by atoms with Gasteiger partial charge in [0.25, 0.3) is 0 Å². The molecule has 0 N–H and O–H groups in total. The molecule has 0 amide bonds. The van der Waals surface area contributed by atoms with Crippen LogP contribution in [0, 0.1) is 153 Å². The molecule has 0 unspecified atom stereocenters. The van der Waals surface area contributed by atoms with E-state index in [0.717, 1.165) is 0 Å². The second-order valence-electron chi connectivity index (χ2n) is 0. The first kappa shape index (κ1) is 131. The molecule has 17 heavy (non-hydrogen) atoms. The van der Waals surface area contributed by atoms with Crippen LogP contribution in [-0.4, -0.2) is 119 Å². The molecule has 0 rings (SSSR count). The van der Waals surface area contributed by atoms with Gasteiger partial charge in [-0.05, 0) is 0 Å². The molecule has 0 aromatic heterocycles. The molecule has 0 saturated heterocycles. The molecule has 0 spiro atoms. The largest absolute Gasteiger partial charge is 0.107 e. The van der Waals surface area contributed by atoms with Crippen LogP contribution in [0.5, 0.6) is 0 Å². The van der Waals surface area contributed by atoms with Crippen LogP contribution in [0.25, 0.3) is 0 Å². The molecule has 0 saturated carbocycles. The normalized spacial score (nSPS) is 0. The van der Waals surface area contributed by atoms with Gasteiger partial charge < -0.3 is 0 Å². The fourth-order valence-electron chi connectivity index (χ4n) is 0. The summed E-state index contributed by atoms with van der Waals surface area (Å²) in [6, 6.07) is 0. The van der Waals surface area contributed by atoms with E-state index in [1.807, 2.05) is 0 Å². The van der Waals surface area contributed by atoms with E-state index in [1.54, 1.807) is 0 Å². The minimum atomic E-state index is 0. The molecule has 0 aromatic rings. The van der Waals surface area contributed by atoms with Crippen LogP contribution in [0.1, 0.15) is 0 Å². The Bertz CT molecular complexity index is 41.0. The van der Waals surface area contributed by atoms with Crippen molar-refractivity contribution in [3.63, 3.8) is 0 Å². The van der Waals surface area contributed by atoms with Gasteiger partial charge in [-0.1, -0.05) is 0 Å². The minimum Gasteiger partial charge on any atom is -0.107 e. The standard InChI is InChI=1S/Cd.Cs.Dy.Ho.9HI.In.Sn.Th.Tm/h;;;;9*1H;;;;. The summed E-state index contributed by atoms with van der Waals surface area (Å²) in [7, 11) is 0. The van der Waals surface area contributed by atoms with Crippen LogP contribution in [0.3, 0.4) is 0 Å². The van der Waals surface area contributed by atoms with E-state index < -0.39 is 0 Å². The van der Waals surface area contributed by atoms with E-state index in [9.17, 15) is 0 Å². The second-order valence-corrected chi connectivity index (χ2v) is 0. The van der Waals surface area contributed by atoms with Crippen molar-refractivity contribution in [2.24, 2.45) is 0 Å². The predicted octanol–water partition coefficient (Wildman–Crippen LogP) is 4.42. The molecule has 0 heterocycles. The fraction of sp³-hybridized carbons (Fsp3) is 0. The zero-order chi connectivity index (χ0) is 0. The monoisotopic (exact) mass is 2360 g/mol. The van der Waals surface area contributed by atoms with Crippen molar-refractivity contribution in [1.82, 2.24) is 0 Å². The van der Waals surface area contributed by atoms with Crippen molar-refractivity contribution in [3.05, 3.63) is 0 Å². The van der Waals surface area contributed by atoms with Gasteiger partial charge in [-0.3, -0.25) is 0 Å². The van der Waals surface area contributed by atoms with Crippen LogP contribution in [0.15, 0.2) is 0 Å². The van der Waals surface area contributed by atoms with E-state index in [1.165, 1.54) is 0 Å². The summed E-state index contributed by atoms with van der Waals surface area (Å²) in [5.74, 6) is 0. The van der Waals surface area contributed by atoms with Crippen LogP contribution < -0.4 is 0 Å². The van der Waals surface area contributed by atoms with Crippen LogP contribution >= 0.6 is 216 Å². The molecular formula is H9CdCsDyHoI9InSnThTm. The Kier molecular flexibility index (Phi) is 916. The van der Waals surface area contributed by atoms with Gasteiger partial charge in [-0.15, -0.1) is 216 Å². The maximum atomic E-state index is 0. The maximum absolute atomic E-state index is 0. The van der Waals surface area contributed by atoms with E-state index in [-0.39, 0.29) is 514 Å². The third kappa shape index (κ3) is 112. The summed E-state index contributed by atoms with van der Waals surface area (Å²) in [4.78, 5) is 0. The Morgan fingerprint density at radius 1 is 0.529 bits per heavy atom. The molecule has 0 atom stereocenters. The third-order valence-electron chi connectivity index (χ3n) is 0. The first-order valence-electron chi connectivity index (χ1n) is 0. The van der Waals surface area contributed by atoms with Gasteiger partial charge in [-0.25, -0.2) is 0 Å². The topological polar surface area (TPSA) is 0 Å². The van der Waals surface area contributed by atoms with Crippen LogP contribution in [0.4, 0.5) is 0 Å². The number of hydrogen-bond acceptors (Lipinski definition) is 0. The van der Waals surface area contributed by atoms with Gasteiger partial charge in [0.05, 0.1) is 0 Å². The molecule has 0 aromatic carbocycles. The van der Waals surface area contributed by atoms with Crippen molar-refractivity contribution in [3.8, 4) is 0 Å². The van der Waals surface area contributed by atoms with E-state index in [4.69, 9.17) is 0 Å². The van der Waals surface area contributed by atoms with Gasteiger partial charge in [0.1, 0.15) is 0 Å². The molecule has 0 nitrogen and oxygen atoms in total. The molecule has 0 aliphatic rings. The quantitative estimate of drug-likeness (QED) is 0.250. The Labute approximate surface area is 495 Å². The maximum Gasteiger partial charge on any atom is 0 e. The number of halogens is 9. The smallest absolute Gasteiger partial charge is 0 e. The zero-order valence-corrected chi connectivity index (χ0v) is 55.1. The number of hydrogen-bond donors (Lipinski definition) is 0. The molecule has 17 heteroatoms. The van der Waals surface area contributed by atoms with Crippen molar-refractivity contribution in [2.45, 2.75) is 0 Å². The minimum absolute atomic E-state index is 0. The van der Waals surface area contributed by atoms with Crippen LogP contribution in [0.2, 0.25) is 0 Å². The molecule has 0 aliphatic heterocycles. The molecule has 0 fully saturated rings. The van der Waals surface area contributed by atoms with Crippen molar-refractivity contribution in [1.29, 1.82) is 0 Å². The average molecular weight is 2360 g/mol. The van der Waals surface area contributed by atoms with Gasteiger partial charge in [-0.2, -0.15) is 0 Å².